The lowest BCUT2D eigenvalue weighted by atomic mass is 9.80. The summed E-state index contributed by atoms with van der Waals surface area (Å²) in [4.78, 5) is 8.64. The number of nitrogens with zero attached hydrogens (tertiary/aromatic N) is 3. The molecule has 1 saturated heterocycles. The number of hydrogen-bond acceptors (Lipinski definition) is 4. The Morgan fingerprint density at radius 3 is 2.38 bits per heavy atom. The van der Waals surface area contributed by atoms with Crippen molar-refractivity contribution in [3.8, 4) is 0 Å². The molecule has 29 heavy (non-hydrogen) atoms. The van der Waals surface area contributed by atoms with Gasteiger partial charge in [0.05, 0.1) is 26.3 Å². The van der Waals surface area contributed by atoms with Crippen molar-refractivity contribution in [3.63, 3.8) is 0 Å². The molecule has 0 aromatic rings. The third kappa shape index (κ3) is 9.56. The molecule has 1 aliphatic heterocycles. The van der Waals surface area contributed by atoms with E-state index in [0.717, 1.165) is 45.7 Å². The number of ether oxygens (including phenoxy) is 1. The van der Waals surface area contributed by atoms with E-state index in [4.69, 9.17) is 9.73 Å². The molecule has 0 spiro atoms. The van der Waals surface area contributed by atoms with E-state index in [0.29, 0.717) is 25.6 Å². The minimum atomic E-state index is -4.17. The van der Waals surface area contributed by atoms with Crippen molar-refractivity contribution in [2.24, 2.45) is 4.99 Å². The minimum Gasteiger partial charge on any atom is -0.379 e. The van der Waals surface area contributed by atoms with Crippen molar-refractivity contribution in [2.45, 2.75) is 50.7 Å². The highest BCUT2D eigenvalue weighted by atomic mass is 127. The normalized spacial score (nSPS) is 21.0. The second kappa shape index (κ2) is 13.2. The van der Waals surface area contributed by atoms with Crippen LogP contribution in [0.4, 0.5) is 13.2 Å². The Labute approximate surface area is 190 Å². The molecule has 0 unspecified atom stereocenters. The number of rotatable bonds is 8. The van der Waals surface area contributed by atoms with Gasteiger partial charge in [-0.15, -0.1) is 24.0 Å². The number of aliphatic imine (C=N–C) groups is 1. The fourth-order valence-electron chi connectivity index (χ4n) is 4.14. The summed E-state index contributed by atoms with van der Waals surface area (Å²) >= 11 is 0. The van der Waals surface area contributed by atoms with Gasteiger partial charge in [0.25, 0.3) is 0 Å². The number of hydrogen-bond donors (Lipinski definition) is 2. The molecule has 1 heterocycles. The largest absolute Gasteiger partial charge is 0.401 e. The molecule has 1 aliphatic carbocycles. The standard InChI is InChI=1S/C19H36F3N5O.HI/c1-3-23-17(24-9-10-26(2)16-19(20,21)22)25-15-18(7-5-4-6-8-18)27-11-13-28-14-12-27;/h3-16H2,1-2H3,(H2,23,24,25);1H. The molecule has 0 amide bonds. The second-order valence-electron chi connectivity index (χ2n) is 7.86. The zero-order valence-corrected chi connectivity index (χ0v) is 20.0. The SMILES string of the molecule is CCNC(=NCC1(N2CCOCC2)CCCCC1)NCCN(C)CC(F)(F)F.I. The molecule has 0 bridgehead atoms. The molecule has 0 aromatic carbocycles. The van der Waals surface area contributed by atoms with Crippen LogP contribution in [0.15, 0.2) is 4.99 Å². The first-order chi connectivity index (χ1) is 13.3. The number of morpholine rings is 1. The average molecular weight is 535 g/mol. The van der Waals surface area contributed by atoms with E-state index in [-0.39, 0.29) is 29.5 Å². The van der Waals surface area contributed by atoms with E-state index >= 15 is 0 Å². The van der Waals surface area contributed by atoms with E-state index in [1.54, 1.807) is 0 Å². The highest BCUT2D eigenvalue weighted by Gasteiger charge is 2.38. The maximum atomic E-state index is 12.4. The average Bonchev–Trinajstić information content (AvgIpc) is 2.66. The zero-order chi connectivity index (χ0) is 20.5. The summed E-state index contributed by atoms with van der Waals surface area (Å²) in [6.45, 7) is 6.68. The summed E-state index contributed by atoms with van der Waals surface area (Å²) in [5, 5.41) is 6.40. The Kier molecular flexibility index (Phi) is 12.1. The van der Waals surface area contributed by atoms with Gasteiger partial charge in [-0.2, -0.15) is 13.2 Å². The molecular formula is C19H37F3IN5O. The predicted octanol–water partition coefficient (Wildman–Crippen LogP) is 2.69. The van der Waals surface area contributed by atoms with Crippen molar-refractivity contribution in [2.75, 3.05) is 66.1 Å². The molecule has 10 heteroatoms. The lowest BCUT2D eigenvalue weighted by molar-refractivity contribution is -0.142. The summed E-state index contributed by atoms with van der Waals surface area (Å²) in [7, 11) is 1.48. The molecule has 0 atom stereocenters. The van der Waals surface area contributed by atoms with E-state index < -0.39 is 12.7 Å². The van der Waals surface area contributed by atoms with Crippen molar-refractivity contribution < 1.29 is 17.9 Å². The smallest absolute Gasteiger partial charge is 0.379 e. The topological polar surface area (TPSA) is 52.1 Å². The molecular weight excluding hydrogens is 498 g/mol. The third-order valence-corrected chi connectivity index (χ3v) is 5.58. The number of halogens is 4. The van der Waals surface area contributed by atoms with Gasteiger partial charge in [-0.05, 0) is 26.8 Å². The van der Waals surface area contributed by atoms with Crippen molar-refractivity contribution in [3.05, 3.63) is 0 Å². The van der Waals surface area contributed by atoms with Crippen molar-refractivity contribution in [1.29, 1.82) is 0 Å². The van der Waals surface area contributed by atoms with E-state index in [2.05, 4.69) is 15.5 Å². The van der Waals surface area contributed by atoms with Gasteiger partial charge in [-0.3, -0.25) is 14.8 Å². The summed E-state index contributed by atoms with van der Waals surface area (Å²) in [6, 6.07) is 0. The highest BCUT2D eigenvalue weighted by molar-refractivity contribution is 14.0. The van der Waals surface area contributed by atoms with Crippen LogP contribution in [0.25, 0.3) is 0 Å². The first-order valence-corrected chi connectivity index (χ1v) is 10.4. The molecule has 0 aromatic heterocycles. The third-order valence-electron chi connectivity index (χ3n) is 5.58. The van der Waals surface area contributed by atoms with E-state index in [1.165, 1.54) is 31.2 Å². The number of guanidine groups is 1. The van der Waals surface area contributed by atoms with Gasteiger partial charge < -0.3 is 15.4 Å². The zero-order valence-electron chi connectivity index (χ0n) is 17.7. The van der Waals surface area contributed by atoms with Crippen LogP contribution in [0.1, 0.15) is 39.0 Å². The lowest BCUT2D eigenvalue weighted by Crippen LogP contribution is -2.56. The molecule has 2 rings (SSSR count). The van der Waals surface area contributed by atoms with Crippen LogP contribution in [0.2, 0.25) is 0 Å². The number of nitrogens with one attached hydrogen (secondary N) is 2. The molecule has 6 nitrogen and oxygen atoms in total. The predicted molar refractivity (Wildman–Crippen MR) is 121 cm³/mol. The number of alkyl halides is 3. The van der Waals surface area contributed by atoms with Gasteiger partial charge in [0.1, 0.15) is 0 Å². The Hall–Kier alpha value is -0.330. The Morgan fingerprint density at radius 2 is 1.79 bits per heavy atom. The Morgan fingerprint density at radius 1 is 1.14 bits per heavy atom. The maximum absolute atomic E-state index is 12.4. The lowest BCUT2D eigenvalue weighted by Gasteiger charge is -2.47. The monoisotopic (exact) mass is 535 g/mol. The van der Waals surface area contributed by atoms with Gasteiger partial charge in [0.2, 0.25) is 0 Å². The Bertz CT molecular complexity index is 481. The summed E-state index contributed by atoms with van der Waals surface area (Å²) in [6.07, 6.45) is 1.84. The maximum Gasteiger partial charge on any atom is 0.401 e. The molecule has 172 valence electrons. The summed E-state index contributed by atoms with van der Waals surface area (Å²) < 4.78 is 42.9. The molecule has 0 radical (unpaired) electrons. The van der Waals surface area contributed by atoms with Crippen molar-refractivity contribution >= 4 is 29.9 Å². The molecule has 2 fully saturated rings. The van der Waals surface area contributed by atoms with Gasteiger partial charge in [-0.1, -0.05) is 19.3 Å². The summed E-state index contributed by atoms with van der Waals surface area (Å²) in [5.74, 6) is 0.682. The van der Waals surface area contributed by atoms with Gasteiger partial charge in [-0.25, -0.2) is 0 Å². The fourth-order valence-corrected chi connectivity index (χ4v) is 4.14. The minimum absolute atomic E-state index is 0. The van der Waals surface area contributed by atoms with Crippen LogP contribution >= 0.6 is 24.0 Å². The van der Waals surface area contributed by atoms with Gasteiger partial charge >= 0.3 is 6.18 Å². The van der Waals surface area contributed by atoms with Crippen molar-refractivity contribution in [1.82, 2.24) is 20.4 Å². The van der Waals surface area contributed by atoms with Crippen LogP contribution < -0.4 is 10.6 Å². The quantitative estimate of drug-likeness (QED) is 0.285. The first kappa shape index (κ1) is 26.7. The fraction of sp³-hybridized carbons (Fsp3) is 0.947. The van der Waals surface area contributed by atoms with Crippen LogP contribution in [0.5, 0.6) is 0 Å². The van der Waals surface area contributed by atoms with Gasteiger partial charge in [0, 0.05) is 38.3 Å². The Balaban J connectivity index is 0.00000420. The van der Waals surface area contributed by atoms with E-state index in [1.807, 2.05) is 6.92 Å². The molecule has 1 saturated carbocycles. The summed E-state index contributed by atoms with van der Waals surface area (Å²) in [5.41, 5.74) is 0.0808. The highest BCUT2D eigenvalue weighted by Crippen LogP contribution is 2.34. The first-order valence-electron chi connectivity index (χ1n) is 10.4. The second-order valence-corrected chi connectivity index (χ2v) is 7.86. The van der Waals surface area contributed by atoms with Crippen LogP contribution in [-0.2, 0) is 4.74 Å². The molecule has 2 aliphatic rings. The van der Waals surface area contributed by atoms with Crippen LogP contribution in [0, 0.1) is 0 Å². The van der Waals surface area contributed by atoms with Crippen LogP contribution in [0.3, 0.4) is 0 Å². The number of likely N-dealkylation sites (N-methyl/N-ethyl adjacent to an activating group) is 1. The van der Waals surface area contributed by atoms with Crippen LogP contribution in [-0.4, -0.2) is 93.5 Å². The van der Waals surface area contributed by atoms with Gasteiger partial charge in [0.15, 0.2) is 5.96 Å². The molecule has 2 N–H and O–H groups in total. The van der Waals surface area contributed by atoms with E-state index in [9.17, 15) is 13.2 Å².